The highest BCUT2D eigenvalue weighted by atomic mass is 16.5. The summed E-state index contributed by atoms with van der Waals surface area (Å²) in [5.74, 6) is -0.0164. The Morgan fingerprint density at radius 2 is 2.26 bits per heavy atom. The minimum atomic E-state index is -0.340. The van der Waals surface area contributed by atoms with Gasteiger partial charge in [-0.1, -0.05) is 0 Å². The normalized spacial score (nSPS) is 14.2. The number of nitrogens with zero attached hydrogens (tertiary/aromatic N) is 3. The van der Waals surface area contributed by atoms with Gasteiger partial charge < -0.3 is 14.2 Å². The molecule has 6 heteroatoms. The molecule has 1 aliphatic carbocycles. The van der Waals surface area contributed by atoms with Gasteiger partial charge in [0.25, 0.3) is 5.56 Å². The molecule has 19 heavy (non-hydrogen) atoms. The molecule has 1 aromatic heterocycles. The summed E-state index contributed by atoms with van der Waals surface area (Å²) in [6, 6.07) is 0.301. The minimum absolute atomic E-state index is 0.0568. The van der Waals surface area contributed by atoms with E-state index in [1.165, 1.54) is 0 Å². The number of ether oxygens (including phenoxy) is 1. The van der Waals surface area contributed by atoms with E-state index in [1.807, 2.05) is 6.92 Å². The number of aromatic nitrogens is 2. The van der Waals surface area contributed by atoms with Crippen LogP contribution in [-0.4, -0.2) is 35.2 Å². The summed E-state index contributed by atoms with van der Waals surface area (Å²) in [5, 5.41) is 0. The Morgan fingerprint density at radius 1 is 1.53 bits per heavy atom. The van der Waals surface area contributed by atoms with Crippen LogP contribution in [0.2, 0.25) is 0 Å². The van der Waals surface area contributed by atoms with Crippen LogP contribution in [0.3, 0.4) is 0 Å². The van der Waals surface area contributed by atoms with Gasteiger partial charge in [0.05, 0.1) is 6.61 Å². The van der Waals surface area contributed by atoms with Crippen LogP contribution in [0.15, 0.2) is 17.2 Å². The molecule has 1 aliphatic rings. The lowest BCUT2D eigenvalue weighted by Crippen LogP contribution is -2.37. The maximum absolute atomic E-state index is 12.3. The second-order valence-corrected chi connectivity index (χ2v) is 4.51. The van der Waals surface area contributed by atoms with Crippen molar-refractivity contribution in [2.24, 2.45) is 0 Å². The van der Waals surface area contributed by atoms with Gasteiger partial charge in [0.15, 0.2) is 5.82 Å². The van der Waals surface area contributed by atoms with Crippen LogP contribution in [0, 0.1) is 0 Å². The molecule has 104 valence electrons. The fraction of sp³-hybridized carbons (Fsp3) is 0.615. The Morgan fingerprint density at radius 3 is 2.84 bits per heavy atom. The van der Waals surface area contributed by atoms with Crippen molar-refractivity contribution in [2.45, 2.75) is 32.7 Å². The molecule has 1 heterocycles. The highest BCUT2D eigenvalue weighted by molar-refractivity contribution is 5.75. The third-order valence-corrected chi connectivity index (χ3v) is 3.10. The van der Waals surface area contributed by atoms with Gasteiger partial charge in [0.2, 0.25) is 0 Å². The zero-order chi connectivity index (χ0) is 13.8. The van der Waals surface area contributed by atoms with Crippen molar-refractivity contribution in [3.8, 4) is 0 Å². The highest BCUT2D eigenvalue weighted by Crippen LogP contribution is 2.33. The number of esters is 1. The largest absolute Gasteiger partial charge is 0.465 e. The molecule has 0 aromatic carbocycles. The number of carbonyl (C=O) groups excluding carboxylic acids is 1. The van der Waals surface area contributed by atoms with E-state index in [9.17, 15) is 9.59 Å². The fourth-order valence-electron chi connectivity index (χ4n) is 1.97. The van der Waals surface area contributed by atoms with Crippen molar-refractivity contribution in [3.05, 3.63) is 22.7 Å². The van der Waals surface area contributed by atoms with E-state index < -0.39 is 0 Å². The second-order valence-electron chi connectivity index (χ2n) is 4.51. The summed E-state index contributed by atoms with van der Waals surface area (Å²) < 4.78 is 6.61. The predicted octanol–water partition coefficient (Wildman–Crippen LogP) is 0.968. The molecule has 0 unspecified atom stereocenters. The third-order valence-electron chi connectivity index (χ3n) is 3.10. The molecule has 1 aromatic rings. The number of anilines is 1. The first kappa shape index (κ1) is 13.6. The van der Waals surface area contributed by atoms with Crippen LogP contribution in [-0.2, 0) is 9.53 Å². The Labute approximate surface area is 112 Å². The van der Waals surface area contributed by atoms with Gasteiger partial charge in [-0.25, -0.2) is 4.98 Å². The second kappa shape index (κ2) is 5.86. The topological polar surface area (TPSA) is 64.4 Å². The highest BCUT2D eigenvalue weighted by Gasteiger charge is 2.26. The Hall–Kier alpha value is -1.85. The summed E-state index contributed by atoms with van der Waals surface area (Å²) in [7, 11) is 0. The Kier molecular flexibility index (Phi) is 4.19. The fourth-order valence-corrected chi connectivity index (χ4v) is 1.97. The van der Waals surface area contributed by atoms with Crippen molar-refractivity contribution in [1.29, 1.82) is 0 Å². The van der Waals surface area contributed by atoms with E-state index in [2.05, 4.69) is 4.98 Å². The zero-order valence-electron chi connectivity index (χ0n) is 11.3. The van der Waals surface area contributed by atoms with Gasteiger partial charge >= 0.3 is 5.97 Å². The lowest BCUT2D eigenvalue weighted by Gasteiger charge is -2.20. The van der Waals surface area contributed by atoms with Crippen LogP contribution < -0.4 is 10.5 Å². The first-order valence-corrected chi connectivity index (χ1v) is 6.65. The van der Waals surface area contributed by atoms with Gasteiger partial charge in [-0.2, -0.15) is 0 Å². The van der Waals surface area contributed by atoms with Gasteiger partial charge in [-0.05, 0) is 26.7 Å². The van der Waals surface area contributed by atoms with E-state index in [1.54, 1.807) is 28.8 Å². The minimum Gasteiger partial charge on any atom is -0.465 e. The van der Waals surface area contributed by atoms with Gasteiger partial charge in [-0.3, -0.25) is 9.59 Å². The maximum Gasteiger partial charge on any atom is 0.325 e. The number of carbonyl (C=O) groups is 1. The molecule has 2 rings (SSSR count). The standard InChI is InChI=1S/C13H19N3O3/c1-3-15(9-11(17)19-4-2)12-13(18)16(8-7-14-12)10-5-6-10/h7-8,10H,3-6,9H2,1-2H3. The molecule has 1 fully saturated rings. The first-order valence-electron chi connectivity index (χ1n) is 6.65. The Balaban J connectivity index is 2.20. The summed E-state index contributed by atoms with van der Waals surface area (Å²) in [5.41, 5.74) is -0.129. The maximum atomic E-state index is 12.3. The van der Waals surface area contributed by atoms with Crippen molar-refractivity contribution in [1.82, 2.24) is 9.55 Å². The van der Waals surface area contributed by atoms with E-state index >= 15 is 0 Å². The van der Waals surface area contributed by atoms with E-state index in [0.29, 0.717) is 25.0 Å². The molecule has 0 amide bonds. The molecule has 0 spiro atoms. The van der Waals surface area contributed by atoms with Crippen molar-refractivity contribution >= 4 is 11.8 Å². The molecule has 0 radical (unpaired) electrons. The van der Waals surface area contributed by atoms with Crippen molar-refractivity contribution in [2.75, 3.05) is 24.6 Å². The molecular formula is C13H19N3O3. The van der Waals surface area contributed by atoms with Crippen molar-refractivity contribution < 1.29 is 9.53 Å². The van der Waals surface area contributed by atoms with Gasteiger partial charge in [0, 0.05) is 25.0 Å². The van der Waals surface area contributed by atoms with Crippen LogP contribution in [0.4, 0.5) is 5.82 Å². The van der Waals surface area contributed by atoms with Crippen LogP contribution in [0.5, 0.6) is 0 Å². The molecule has 6 nitrogen and oxygen atoms in total. The van der Waals surface area contributed by atoms with E-state index in [4.69, 9.17) is 4.74 Å². The molecular weight excluding hydrogens is 246 g/mol. The number of hydrogen-bond acceptors (Lipinski definition) is 5. The lowest BCUT2D eigenvalue weighted by atomic mass is 10.4. The van der Waals surface area contributed by atoms with E-state index in [0.717, 1.165) is 12.8 Å². The van der Waals surface area contributed by atoms with Crippen LogP contribution in [0.25, 0.3) is 0 Å². The number of rotatable bonds is 6. The smallest absolute Gasteiger partial charge is 0.325 e. The molecule has 0 aliphatic heterocycles. The quantitative estimate of drug-likeness (QED) is 0.717. The van der Waals surface area contributed by atoms with Gasteiger partial charge in [0.1, 0.15) is 6.54 Å². The SMILES string of the molecule is CCOC(=O)CN(CC)c1nccn(C2CC2)c1=O. The van der Waals surface area contributed by atoms with Crippen molar-refractivity contribution in [3.63, 3.8) is 0 Å². The summed E-state index contributed by atoms with van der Waals surface area (Å²) >= 11 is 0. The summed E-state index contributed by atoms with van der Waals surface area (Å²) in [4.78, 5) is 29.6. The monoisotopic (exact) mass is 265 g/mol. The lowest BCUT2D eigenvalue weighted by molar-refractivity contribution is -0.141. The molecule has 0 atom stereocenters. The predicted molar refractivity (Wildman–Crippen MR) is 71.3 cm³/mol. The molecule has 1 saturated carbocycles. The Bertz CT molecular complexity index is 508. The van der Waals surface area contributed by atoms with E-state index in [-0.39, 0.29) is 18.1 Å². The zero-order valence-corrected chi connectivity index (χ0v) is 11.3. The first-order chi connectivity index (χ1) is 9.17. The van der Waals surface area contributed by atoms with Crippen LogP contribution >= 0.6 is 0 Å². The third kappa shape index (κ3) is 3.13. The van der Waals surface area contributed by atoms with Crippen LogP contribution in [0.1, 0.15) is 32.7 Å². The summed E-state index contributed by atoms with van der Waals surface area (Å²) in [6.45, 7) is 4.58. The average Bonchev–Trinajstić information content (AvgIpc) is 3.21. The summed E-state index contributed by atoms with van der Waals surface area (Å²) in [6.07, 6.45) is 5.39. The average molecular weight is 265 g/mol. The molecule has 0 N–H and O–H groups in total. The number of hydrogen-bond donors (Lipinski definition) is 0. The number of likely N-dealkylation sites (N-methyl/N-ethyl adjacent to an activating group) is 1. The molecule has 0 saturated heterocycles. The molecule has 0 bridgehead atoms. The van der Waals surface area contributed by atoms with Gasteiger partial charge in [-0.15, -0.1) is 0 Å².